The molecular formula is C14H22N2S. The smallest absolute Gasteiger partial charge is 0.0271 e. The number of rotatable bonds is 5. The Labute approximate surface area is 109 Å². The fourth-order valence-corrected chi connectivity index (χ4v) is 3.74. The Morgan fingerprint density at radius 1 is 1.35 bits per heavy atom. The molecule has 1 aromatic heterocycles. The first-order valence-electron chi connectivity index (χ1n) is 6.50. The number of hydrogen-bond donors (Lipinski definition) is 0. The average Bonchev–Trinajstić information content (AvgIpc) is 2.79. The topological polar surface area (TPSA) is 16.1 Å². The van der Waals surface area contributed by atoms with Gasteiger partial charge < -0.3 is 0 Å². The van der Waals surface area contributed by atoms with Crippen LogP contribution in [0.4, 0.5) is 0 Å². The molecule has 0 unspecified atom stereocenters. The molecule has 0 spiro atoms. The third-order valence-corrected chi connectivity index (χ3v) is 4.80. The summed E-state index contributed by atoms with van der Waals surface area (Å²) < 4.78 is 0. The summed E-state index contributed by atoms with van der Waals surface area (Å²) in [5, 5.41) is 0.893. The Kier molecular flexibility index (Phi) is 4.86. The largest absolute Gasteiger partial charge is 0.299 e. The molecule has 2 rings (SSSR count). The molecule has 1 heterocycles. The van der Waals surface area contributed by atoms with E-state index in [0.29, 0.717) is 0 Å². The van der Waals surface area contributed by atoms with E-state index in [0.717, 1.165) is 17.8 Å². The number of thioether (sulfide) groups is 1. The second-order valence-electron chi connectivity index (χ2n) is 4.81. The van der Waals surface area contributed by atoms with E-state index >= 15 is 0 Å². The van der Waals surface area contributed by atoms with Gasteiger partial charge >= 0.3 is 0 Å². The SMILES string of the molecule is CCS[C@@H]1CC[C@@H](N(C)Cc2ccncc2)C1. The lowest BCUT2D eigenvalue weighted by molar-refractivity contribution is 0.238. The fourth-order valence-electron chi connectivity index (χ4n) is 2.61. The highest BCUT2D eigenvalue weighted by Crippen LogP contribution is 2.32. The van der Waals surface area contributed by atoms with E-state index in [-0.39, 0.29) is 0 Å². The number of pyridine rings is 1. The molecule has 0 amide bonds. The molecule has 94 valence electrons. The zero-order valence-corrected chi connectivity index (χ0v) is 11.6. The van der Waals surface area contributed by atoms with Gasteiger partial charge in [-0.25, -0.2) is 0 Å². The number of nitrogens with zero attached hydrogens (tertiary/aromatic N) is 2. The maximum absolute atomic E-state index is 4.06. The van der Waals surface area contributed by atoms with Crippen LogP contribution in [0.3, 0.4) is 0 Å². The second kappa shape index (κ2) is 6.41. The maximum Gasteiger partial charge on any atom is 0.0271 e. The Morgan fingerprint density at radius 2 is 2.12 bits per heavy atom. The van der Waals surface area contributed by atoms with Crippen LogP contribution in [0.1, 0.15) is 31.7 Å². The van der Waals surface area contributed by atoms with Crippen molar-refractivity contribution < 1.29 is 0 Å². The normalized spacial score (nSPS) is 24.4. The third kappa shape index (κ3) is 3.71. The summed E-state index contributed by atoms with van der Waals surface area (Å²) in [6.07, 6.45) is 7.88. The van der Waals surface area contributed by atoms with Gasteiger partial charge in [-0.3, -0.25) is 9.88 Å². The minimum Gasteiger partial charge on any atom is -0.299 e. The summed E-state index contributed by atoms with van der Waals surface area (Å²) in [4.78, 5) is 6.57. The molecule has 0 aliphatic heterocycles. The quantitative estimate of drug-likeness (QED) is 0.798. The van der Waals surface area contributed by atoms with Crippen molar-refractivity contribution in [2.24, 2.45) is 0 Å². The van der Waals surface area contributed by atoms with E-state index < -0.39 is 0 Å². The maximum atomic E-state index is 4.06. The molecule has 0 bridgehead atoms. The number of aromatic nitrogens is 1. The minimum absolute atomic E-state index is 0.771. The summed E-state index contributed by atoms with van der Waals surface area (Å²) in [7, 11) is 2.25. The summed E-state index contributed by atoms with van der Waals surface area (Å²) in [6, 6.07) is 5.00. The van der Waals surface area contributed by atoms with Crippen molar-refractivity contribution in [1.29, 1.82) is 0 Å². The molecule has 0 aromatic carbocycles. The van der Waals surface area contributed by atoms with Crippen molar-refractivity contribution in [1.82, 2.24) is 9.88 Å². The van der Waals surface area contributed by atoms with E-state index in [1.165, 1.54) is 30.6 Å². The summed E-state index contributed by atoms with van der Waals surface area (Å²) in [6.45, 7) is 3.31. The van der Waals surface area contributed by atoms with Gasteiger partial charge in [-0.2, -0.15) is 11.8 Å². The average molecular weight is 250 g/mol. The highest BCUT2D eigenvalue weighted by molar-refractivity contribution is 7.99. The van der Waals surface area contributed by atoms with Crippen molar-refractivity contribution in [2.75, 3.05) is 12.8 Å². The monoisotopic (exact) mass is 250 g/mol. The molecule has 1 aliphatic carbocycles. The highest BCUT2D eigenvalue weighted by Gasteiger charge is 2.27. The van der Waals surface area contributed by atoms with E-state index in [1.807, 2.05) is 12.4 Å². The van der Waals surface area contributed by atoms with Gasteiger partial charge in [0, 0.05) is 30.2 Å². The summed E-state index contributed by atoms with van der Waals surface area (Å²) in [5.74, 6) is 1.26. The first-order valence-corrected chi connectivity index (χ1v) is 7.55. The van der Waals surface area contributed by atoms with Crippen LogP contribution in [0.2, 0.25) is 0 Å². The Bertz CT molecular complexity index is 328. The predicted octanol–water partition coefficient (Wildman–Crippen LogP) is 3.19. The van der Waals surface area contributed by atoms with Crippen molar-refractivity contribution in [3.63, 3.8) is 0 Å². The molecular weight excluding hydrogens is 228 g/mol. The summed E-state index contributed by atoms with van der Waals surface area (Å²) >= 11 is 2.13. The fraction of sp³-hybridized carbons (Fsp3) is 0.643. The molecule has 2 nitrogen and oxygen atoms in total. The van der Waals surface area contributed by atoms with Crippen molar-refractivity contribution in [2.45, 2.75) is 44.0 Å². The second-order valence-corrected chi connectivity index (χ2v) is 6.39. The van der Waals surface area contributed by atoms with Gasteiger partial charge in [0.25, 0.3) is 0 Å². The van der Waals surface area contributed by atoms with Crippen LogP contribution in [-0.2, 0) is 6.54 Å². The van der Waals surface area contributed by atoms with Gasteiger partial charge in [0.1, 0.15) is 0 Å². The van der Waals surface area contributed by atoms with Gasteiger partial charge in [-0.1, -0.05) is 6.92 Å². The molecule has 17 heavy (non-hydrogen) atoms. The zero-order chi connectivity index (χ0) is 12.1. The van der Waals surface area contributed by atoms with Crippen LogP contribution in [0.15, 0.2) is 24.5 Å². The van der Waals surface area contributed by atoms with Crippen molar-refractivity contribution in [3.8, 4) is 0 Å². The van der Waals surface area contributed by atoms with Crippen LogP contribution in [0.5, 0.6) is 0 Å². The molecule has 2 atom stereocenters. The van der Waals surface area contributed by atoms with Gasteiger partial charge in [0.15, 0.2) is 0 Å². The van der Waals surface area contributed by atoms with Crippen molar-refractivity contribution in [3.05, 3.63) is 30.1 Å². The molecule has 0 radical (unpaired) electrons. The Balaban J connectivity index is 1.83. The standard InChI is InChI=1S/C14H22N2S/c1-3-17-14-5-4-13(10-14)16(2)11-12-6-8-15-9-7-12/h6-9,13-14H,3-5,10-11H2,1-2H3/t13-,14-/m1/s1. The van der Waals surface area contributed by atoms with Crippen LogP contribution in [-0.4, -0.2) is 34.0 Å². The molecule has 1 aromatic rings. The molecule has 3 heteroatoms. The van der Waals surface area contributed by atoms with Crippen LogP contribution in [0.25, 0.3) is 0 Å². The van der Waals surface area contributed by atoms with Gasteiger partial charge in [-0.15, -0.1) is 0 Å². The zero-order valence-electron chi connectivity index (χ0n) is 10.8. The molecule has 1 aliphatic rings. The van der Waals surface area contributed by atoms with E-state index in [1.54, 1.807) is 0 Å². The van der Waals surface area contributed by atoms with Gasteiger partial charge in [0.2, 0.25) is 0 Å². The third-order valence-electron chi connectivity index (χ3n) is 3.56. The van der Waals surface area contributed by atoms with Crippen LogP contribution >= 0.6 is 11.8 Å². The Morgan fingerprint density at radius 3 is 2.82 bits per heavy atom. The first-order chi connectivity index (χ1) is 8.29. The van der Waals surface area contributed by atoms with Gasteiger partial charge in [0.05, 0.1) is 0 Å². The number of hydrogen-bond acceptors (Lipinski definition) is 3. The van der Waals surface area contributed by atoms with Crippen LogP contribution in [0, 0.1) is 0 Å². The van der Waals surface area contributed by atoms with E-state index in [2.05, 4.69) is 47.7 Å². The predicted molar refractivity (Wildman–Crippen MR) is 75.3 cm³/mol. The molecule has 0 saturated heterocycles. The Hall–Kier alpha value is -0.540. The lowest BCUT2D eigenvalue weighted by Crippen LogP contribution is -2.29. The van der Waals surface area contributed by atoms with Gasteiger partial charge in [-0.05, 0) is 49.8 Å². The first kappa shape index (κ1) is 12.9. The van der Waals surface area contributed by atoms with E-state index in [9.17, 15) is 0 Å². The lowest BCUT2D eigenvalue weighted by Gasteiger charge is -2.24. The molecule has 1 saturated carbocycles. The van der Waals surface area contributed by atoms with Crippen molar-refractivity contribution >= 4 is 11.8 Å². The molecule has 0 N–H and O–H groups in total. The lowest BCUT2D eigenvalue weighted by atomic mass is 10.2. The minimum atomic E-state index is 0.771. The van der Waals surface area contributed by atoms with E-state index in [4.69, 9.17) is 0 Å². The van der Waals surface area contributed by atoms with Crippen LogP contribution < -0.4 is 0 Å². The highest BCUT2D eigenvalue weighted by atomic mass is 32.2. The summed E-state index contributed by atoms with van der Waals surface area (Å²) in [5.41, 5.74) is 1.37. The molecule has 1 fully saturated rings.